The molecule has 1 saturated heterocycles. The Morgan fingerprint density at radius 3 is 1.72 bits per heavy atom. The molecule has 7 amide bonds. The summed E-state index contributed by atoms with van der Waals surface area (Å²) < 4.78 is 0. The first-order valence-corrected chi connectivity index (χ1v) is 26.8. The largest absolute Gasteiger partial charge is 0.347 e. The molecule has 3 aliphatic rings. The number of fused-ring (bicyclic) bond motifs is 2. The molecule has 406 valence electrons. The summed E-state index contributed by atoms with van der Waals surface area (Å²) in [5, 5.41) is 18.2. The number of carbonyl (C=O) groups excluding carboxylic acids is 7. The predicted molar refractivity (Wildman–Crippen MR) is 293 cm³/mol. The van der Waals surface area contributed by atoms with Gasteiger partial charge in [0.05, 0.1) is 18.1 Å². The average Bonchev–Trinajstić information content (AvgIpc) is 3.84. The van der Waals surface area contributed by atoms with Crippen LogP contribution in [-0.2, 0) is 61.2 Å². The number of nitrogens with zero attached hydrogens (tertiary/aromatic N) is 3. The van der Waals surface area contributed by atoms with Crippen molar-refractivity contribution in [2.45, 2.75) is 155 Å². The number of likely N-dealkylation sites (N-methyl/N-ethyl adjacent to an activating group) is 2. The Hall–Kier alpha value is -6.91. The molecule has 0 saturated carbocycles. The van der Waals surface area contributed by atoms with Crippen molar-refractivity contribution < 1.29 is 33.6 Å². The molecule has 8 atom stereocenters. The third-order valence-electron chi connectivity index (χ3n) is 15.3. The van der Waals surface area contributed by atoms with Gasteiger partial charge >= 0.3 is 0 Å². The van der Waals surface area contributed by atoms with Crippen LogP contribution >= 0.6 is 0 Å². The molecule has 16 heteroatoms. The molecule has 6 N–H and O–H groups in total. The van der Waals surface area contributed by atoms with Crippen molar-refractivity contribution >= 4 is 41.4 Å². The normalized spacial score (nSPS) is 19.9. The van der Waals surface area contributed by atoms with Crippen molar-refractivity contribution in [3.63, 3.8) is 0 Å². The van der Waals surface area contributed by atoms with Crippen LogP contribution in [0.1, 0.15) is 124 Å². The Labute approximate surface area is 448 Å². The molecule has 2 aliphatic heterocycles. The van der Waals surface area contributed by atoms with Gasteiger partial charge in [0.25, 0.3) is 5.91 Å². The van der Waals surface area contributed by atoms with E-state index in [0.717, 1.165) is 47.1 Å². The molecule has 7 rings (SSSR count). The third kappa shape index (κ3) is 13.5. The summed E-state index contributed by atoms with van der Waals surface area (Å²) in [6.07, 6.45) is 3.02. The Morgan fingerprint density at radius 2 is 1.14 bits per heavy atom. The van der Waals surface area contributed by atoms with Gasteiger partial charge in [-0.05, 0) is 110 Å². The van der Waals surface area contributed by atoms with Crippen LogP contribution in [0.4, 0.5) is 0 Å². The summed E-state index contributed by atoms with van der Waals surface area (Å²) in [5.41, 5.74) is 4.73. The number of rotatable bonds is 17. The lowest BCUT2D eigenvalue weighted by molar-refractivity contribution is -0.151. The van der Waals surface area contributed by atoms with E-state index in [2.05, 4.69) is 38.0 Å². The van der Waals surface area contributed by atoms with Gasteiger partial charge in [-0.1, -0.05) is 133 Å². The standard InChI is InChI=1S/C60H79N9O7/c1-37(61-9)52(70)65-50(59(3,4)5)57(75)68-35-44-23-15-14-22-43(44)31-49(68)56(74)67(33-39-19-12-11-13-20-39)34-40-27-29-42(30-28-40)54(72)63-45-32-48(55(73)64-47-26-18-24-41-21-16-17-25-46(41)47)69(36-45)58(76)51(60(6,7)8)66-53(71)38(2)62-10/h11-17,19-23,25,27-30,37-38,45,47-51,61-62H,18,24,26,31-36H2,1-10H3,(H,63,72)(H,64,73)(H,65,70)(H,66,71)/t37-,38-,45-,47+,48-,49-,50?,51?/m0/s1. The number of hydrogen-bond donors (Lipinski definition) is 6. The van der Waals surface area contributed by atoms with E-state index in [-0.39, 0.29) is 74.6 Å². The summed E-state index contributed by atoms with van der Waals surface area (Å²) >= 11 is 0. The van der Waals surface area contributed by atoms with E-state index < -0.39 is 64.9 Å². The Balaban J connectivity index is 1.12. The van der Waals surface area contributed by atoms with Gasteiger partial charge in [-0.15, -0.1) is 0 Å². The quantitative estimate of drug-likeness (QED) is 0.0808. The predicted octanol–water partition coefficient (Wildman–Crippen LogP) is 5.34. The number of carbonyl (C=O) groups is 7. The topological polar surface area (TPSA) is 201 Å². The van der Waals surface area contributed by atoms with Crippen LogP contribution in [0.15, 0.2) is 103 Å². The first kappa shape index (κ1) is 56.8. The zero-order valence-corrected chi connectivity index (χ0v) is 46.0. The Kier molecular flexibility index (Phi) is 18.2. The second-order valence-electron chi connectivity index (χ2n) is 23.0. The van der Waals surface area contributed by atoms with Gasteiger partial charge in [-0.2, -0.15) is 0 Å². The minimum absolute atomic E-state index is 0.0473. The second kappa shape index (κ2) is 24.4. The van der Waals surface area contributed by atoms with Crippen LogP contribution in [0.5, 0.6) is 0 Å². The van der Waals surface area contributed by atoms with E-state index >= 15 is 4.79 Å². The van der Waals surface area contributed by atoms with Crippen LogP contribution in [0.3, 0.4) is 0 Å². The molecular formula is C60H79N9O7. The van der Waals surface area contributed by atoms with Gasteiger partial charge in [-0.25, -0.2) is 0 Å². The molecular weight excluding hydrogens is 959 g/mol. The summed E-state index contributed by atoms with van der Waals surface area (Å²) in [5.74, 6) is -2.40. The molecule has 2 unspecified atom stereocenters. The fourth-order valence-electron chi connectivity index (χ4n) is 10.5. The molecule has 4 aromatic carbocycles. The number of amides is 7. The monoisotopic (exact) mass is 1040 g/mol. The molecule has 4 aromatic rings. The zero-order valence-electron chi connectivity index (χ0n) is 46.0. The lowest BCUT2D eigenvalue weighted by Crippen LogP contribution is -2.62. The number of benzene rings is 4. The van der Waals surface area contributed by atoms with E-state index in [1.54, 1.807) is 62.0 Å². The van der Waals surface area contributed by atoms with Gasteiger partial charge in [0.1, 0.15) is 24.2 Å². The Morgan fingerprint density at radius 1 is 0.618 bits per heavy atom. The minimum atomic E-state index is -0.963. The molecule has 0 aromatic heterocycles. The molecule has 0 spiro atoms. The zero-order chi connectivity index (χ0) is 55.1. The summed E-state index contributed by atoms with van der Waals surface area (Å²) in [6, 6.07) is 26.9. The van der Waals surface area contributed by atoms with E-state index in [9.17, 15) is 28.8 Å². The molecule has 2 heterocycles. The Bertz CT molecular complexity index is 2740. The number of aryl methyl sites for hydroxylation is 1. The lowest BCUT2D eigenvalue weighted by atomic mass is 9.84. The van der Waals surface area contributed by atoms with Crippen LogP contribution in [0, 0.1) is 10.8 Å². The fraction of sp³-hybridized carbons (Fsp3) is 0.483. The maximum absolute atomic E-state index is 15.2. The molecule has 76 heavy (non-hydrogen) atoms. The summed E-state index contributed by atoms with van der Waals surface area (Å²) in [7, 11) is 3.35. The maximum atomic E-state index is 15.2. The van der Waals surface area contributed by atoms with E-state index in [1.807, 2.05) is 114 Å². The first-order valence-electron chi connectivity index (χ1n) is 26.8. The first-order chi connectivity index (χ1) is 36.1. The van der Waals surface area contributed by atoms with Gasteiger partial charge < -0.3 is 46.6 Å². The highest BCUT2D eigenvalue weighted by atomic mass is 16.2. The second-order valence-corrected chi connectivity index (χ2v) is 23.0. The average molecular weight is 1040 g/mol. The molecule has 0 bridgehead atoms. The lowest BCUT2D eigenvalue weighted by Gasteiger charge is -2.42. The van der Waals surface area contributed by atoms with Crippen LogP contribution < -0.4 is 31.9 Å². The third-order valence-corrected chi connectivity index (χ3v) is 15.3. The highest BCUT2D eigenvalue weighted by Crippen LogP contribution is 2.33. The van der Waals surface area contributed by atoms with Gasteiger partial charge in [0.2, 0.25) is 35.4 Å². The van der Waals surface area contributed by atoms with Crippen LogP contribution in [-0.4, -0.2) is 119 Å². The minimum Gasteiger partial charge on any atom is -0.347 e. The van der Waals surface area contributed by atoms with Crippen molar-refractivity contribution in [1.29, 1.82) is 0 Å². The highest BCUT2D eigenvalue weighted by molar-refractivity contribution is 5.97. The fourth-order valence-corrected chi connectivity index (χ4v) is 10.5. The molecule has 16 nitrogen and oxygen atoms in total. The smallest absolute Gasteiger partial charge is 0.251 e. The van der Waals surface area contributed by atoms with Gasteiger partial charge in [-0.3, -0.25) is 33.6 Å². The molecule has 1 aliphatic carbocycles. The highest BCUT2D eigenvalue weighted by Gasteiger charge is 2.47. The SMILES string of the molecule is CN[C@@H](C)C(=O)NC(C(=O)N1C[C@@H](NC(=O)c2ccc(CN(Cc3ccccc3)C(=O)[C@@H]3Cc4ccccc4CN3C(=O)C(NC(=O)[C@H](C)NC)C(C)(C)C)cc2)C[C@H]1C(=O)N[C@@H]1CCCc2ccccc21)C(C)(C)C. The van der Waals surface area contributed by atoms with Crippen molar-refractivity contribution in [3.05, 3.63) is 142 Å². The van der Waals surface area contributed by atoms with Gasteiger partial charge in [0.15, 0.2) is 0 Å². The van der Waals surface area contributed by atoms with Crippen molar-refractivity contribution in [2.24, 2.45) is 10.8 Å². The molecule has 1 fully saturated rings. The number of hydrogen-bond acceptors (Lipinski definition) is 9. The van der Waals surface area contributed by atoms with Crippen LogP contribution in [0.2, 0.25) is 0 Å². The van der Waals surface area contributed by atoms with E-state index in [1.165, 1.54) is 10.5 Å². The number of nitrogens with one attached hydrogen (secondary N) is 6. The summed E-state index contributed by atoms with van der Waals surface area (Å²) in [6.45, 7) is 15.4. The molecule has 0 radical (unpaired) electrons. The summed E-state index contributed by atoms with van der Waals surface area (Å²) in [4.78, 5) is 105. The van der Waals surface area contributed by atoms with E-state index in [0.29, 0.717) is 5.56 Å². The van der Waals surface area contributed by atoms with E-state index in [4.69, 9.17) is 0 Å². The van der Waals surface area contributed by atoms with Gasteiger partial charge in [0, 0.05) is 44.2 Å². The maximum Gasteiger partial charge on any atom is 0.251 e. The number of likely N-dealkylation sites (tertiary alicyclic amines) is 1. The van der Waals surface area contributed by atoms with Crippen molar-refractivity contribution in [1.82, 2.24) is 46.6 Å². The van der Waals surface area contributed by atoms with Crippen LogP contribution in [0.25, 0.3) is 0 Å². The van der Waals surface area contributed by atoms with Crippen molar-refractivity contribution in [2.75, 3.05) is 20.6 Å². The van der Waals surface area contributed by atoms with Crippen molar-refractivity contribution in [3.8, 4) is 0 Å².